The zero-order valence-electron chi connectivity index (χ0n) is 11.8. The van der Waals surface area contributed by atoms with Crippen LogP contribution < -0.4 is 9.64 Å². The van der Waals surface area contributed by atoms with E-state index in [1.165, 1.54) is 57.5 Å². The Balaban J connectivity index is 1.59. The molecule has 0 aromatic heterocycles. The zero-order chi connectivity index (χ0) is 14.2. The van der Waals surface area contributed by atoms with Crippen LogP contribution in [-0.4, -0.2) is 31.2 Å². The number of benzene rings is 1. The topological polar surface area (TPSA) is 56.8 Å². The predicted molar refractivity (Wildman–Crippen MR) is 77.2 cm³/mol. The molecule has 0 amide bonds. The first-order valence-electron chi connectivity index (χ1n) is 7.46. The molecule has 0 bridgehead atoms. The standard InChI is InChI=1S/C15H22N2O3/c18-17(19)14-6-8-15(9-7-14)20-13-5-4-12-16-10-2-1-3-11-16/h6-9H,1-5,10-13H2/p+1. The van der Waals surface area contributed by atoms with Gasteiger partial charge in [0.1, 0.15) is 5.75 Å². The van der Waals surface area contributed by atoms with Crippen LogP contribution in [0.25, 0.3) is 0 Å². The van der Waals surface area contributed by atoms with Gasteiger partial charge >= 0.3 is 0 Å². The Morgan fingerprint density at radius 3 is 2.45 bits per heavy atom. The first kappa shape index (κ1) is 14.8. The van der Waals surface area contributed by atoms with E-state index >= 15 is 0 Å². The van der Waals surface area contributed by atoms with Gasteiger partial charge in [-0.05, 0) is 44.2 Å². The van der Waals surface area contributed by atoms with Crippen LogP contribution in [0, 0.1) is 10.1 Å². The van der Waals surface area contributed by atoms with Gasteiger partial charge in [-0.1, -0.05) is 0 Å². The number of nitrogens with zero attached hydrogens (tertiary/aromatic N) is 1. The lowest BCUT2D eigenvalue weighted by atomic mass is 10.1. The van der Waals surface area contributed by atoms with Crippen molar-refractivity contribution in [2.24, 2.45) is 0 Å². The fraction of sp³-hybridized carbons (Fsp3) is 0.600. The Hall–Kier alpha value is -1.62. The van der Waals surface area contributed by atoms with Crippen molar-refractivity contribution in [3.05, 3.63) is 34.4 Å². The van der Waals surface area contributed by atoms with E-state index < -0.39 is 4.92 Å². The summed E-state index contributed by atoms with van der Waals surface area (Å²) >= 11 is 0. The van der Waals surface area contributed by atoms with Crippen LogP contribution >= 0.6 is 0 Å². The van der Waals surface area contributed by atoms with Crippen molar-refractivity contribution in [2.75, 3.05) is 26.2 Å². The first-order valence-corrected chi connectivity index (χ1v) is 7.46. The number of piperidine rings is 1. The van der Waals surface area contributed by atoms with Gasteiger partial charge in [-0.3, -0.25) is 10.1 Å². The van der Waals surface area contributed by atoms with Crippen molar-refractivity contribution in [1.82, 2.24) is 0 Å². The van der Waals surface area contributed by atoms with Crippen molar-refractivity contribution in [2.45, 2.75) is 32.1 Å². The average Bonchev–Trinajstić information content (AvgIpc) is 2.48. The molecule has 110 valence electrons. The second kappa shape index (κ2) is 7.85. The monoisotopic (exact) mass is 279 g/mol. The molecular formula is C15H23N2O3+. The van der Waals surface area contributed by atoms with Crippen LogP contribution in [0.3, 0.4) is 0 Å². The summed E-state index contributed by atoms with van der Waals surface area (Å²) in [5.74, 6) is 0.709. The lowest BCUT2D eigenvalue weighted by Gasteiger charge is -2.23. The number of hydrogen-bond acceptors (Lipinski definition) is 3. The predicted octanol–water partition coefficient (Wildman–Crippen LogP) is 1.82. The van der Waals surface area contributed by atoms with Crippen molar-refractivity contribution in [3.63, 3.8) is 0 Å². The summed E-state index contributed by atoms with van der Waals surface area (Å²) in [6, 6.07) is 6.28. The van der Waals surface area contributed by atoms with Gasteiger partial charge in [-0.2, -0.15) is 0 Å². The molecule has 0 spiro atoms. The molecule has 0 radical (unpaired) electrons. The molecule has 0 aliphatic carbocycles. The molecule has 1 aliphatic rings. The summed E-state index contributed by atoms with van der Waals surface area (Å²) in [6.45, 7) is 4.57. The molecule has 1 N–H and O–H groups in total. The van der Waals surface area contributed by atoms with Gasteiger partial charge in [-0.15, -0.1) is 0 Å². The number of rotatable bonds is 7. The van der Waals surface area contributed by atoms with E-state index in [4.69, 9.17) is 4.74 Å². The van der Waals surface area contributed by atoms with E-state index in [2.05, 4.69) is 0 Å². The van der Waals surface area contributed by atoms with Crippen molar-refractivity contribution >= 4 is 5.69 Å². The third-order valence-electron chi connectivity index (χ3n) is 3.80. The largest absolute Gasteiger partial charge is 0.494 e. The minimum Gasteiger partial charge on any atom is -0.494 e. The Kier molecular flexibility index (Phi) is 5.80. The second-order valence-corrected chi connectivity index (χ2v) is 5.37. The summed E-state index contributed by atoms with van der Waals surface area (Å²) in [7, 11) is 0. The van der Waals surface area contributed by atoms with Crippen molar-refractivity contribution < 1.29 is 14.6 Å². The number of unbranched alkanes of at least 4 members (excludes halogenated alkanes) is 1. The number of likely N-dealkylation sites (tertiary alicyclic amines) is 1. The van der Waals surface area contributed by atoms with Crippen molar-refractivity contribution in [1.29, 1.82) is 0 Å². The van der Waals surface area contributed by atoms with Gasteiger partial charge in [0.25, 0.3) is 5.69 Å². The van der Waals surface area contributed by atoms with Crippen LogP contribution in [0.2, 0.25) is 0 Å². The number of hydrogen-bond donors (Lipinski definition) is 1. The molecule has 0 unspecified atom stereocenters. The van der Waals surface area contributed by atoms with Gasteiger partial charge in [-0.25, -0.2) is 0 Å². The van der Waals surface area contributed by atoms with E-state index in [0.29, 0.717) is 12.4 Å². The molecule has 1 aromatic rings. The van der Waals surface area contributed by atoms with Gasteiger partial charge in [0, 0.05) is 12.1 Å². The van der Waals surface area contributed by atoms with E-state index in [9.17, 15) is 10.1 Å². The molecule has 1 saturated heterocycles. The quantitative estimate of drug-likeness (QED) is 0.470. The molecule has 1 fully saturated rings. The maximum absolute atomic E-state index is 10.5. The van der Waals surface area contributed by atoms with E-state index in [1.807, 2.05) is 0 Å². The van der Waals surface area contributed by atoms with Crippen LogP contribution in [0.4, 0.5) is 5.69 Å². The number of nitro benzene ring substituents is 1. The SMILES string of the molecule is O=[N+]([O-])c1ccc(OCCCC[NH+]2CCCCC2)cc1. The molecule has 5 nitrogen and oxygen atoms in total. The normalized spacial score (nSPS) is 16.0. The van der Waals surface area contributed by atoms with E-state index in [1.54, 1.807) is 17.0 Å². The van der Waals surface area contributed by atoms with Crippen LogP contribution in [0.5, 0.6) is 5.75 Å². The first-order chi connectivity index (χ1) is 9.75. The molecule has 20 heavy (non-hydrogen) atoms. The number of quaternary nitrogens is 1. The fourth-order valence-corrected chi connectivity index (χ4v) is 2.63. The summed E-state index contributed by atoms with van der Waals surface area (Å²) in [5, 5.41) is 10.5. The Bertz CT molecular complexity index is 414. The van der Waals surface area contributed by atoms with E-state index in [0.717, 1.165) is 6.42 Å². The van der Waals surface area contributed by atoms with Crippen LogP contribution in [0.1, 0.15) is 32.1 Å². The molecule has 0 atom stereocenters. The minimum atomic E-state index is -0.398. The van der Waals surface area contributed by atoms with Crippen LogP contribution in [-0.2, 0) is 0 Å². The molecule has 1 heterocycles. The zero-order valence-corrected chi connectivity index (χ0v) is 11.8. The summed E-state index contributed by atoms with van der Waals surface area (Å²) < 4.78 is 5.60. The Labute approximate surface area is 119 Å². The summed E-state index contributed by atoms with van der Waals surface area (Å²) in [6.07, 6.45) is 6.36. The van der Waals surface area contributed by atoms with Gasteiger partial charge in [0.2, 0.25) is 0 Å². The van der Waals surface area contributed by atoms with Gasteiger partial charge in [0.05, 0.1) is 31.2 Å². The molecule has 2 rings (SSSR count). The maximum atomic E-state index is 10.5. The molecule has 5 heteroatoms. The van der Waals surface area contributed by atoms with E-state index in [-0.39, 0.29) is 5.69 Å². The molecule has 0 saturated carbocycles. The highest BCUT2D eigenvalue weighted by atomic mass is 16.6. The lowest BCUT2D eigenvalue weighted by Crippen LogP contribution is -3.12. The highest BCUT2D eigenvalue weighted by Gasteiger charge is 2.12. The summed E-state index contributed by atoms with van der Waals surface area (Å²) in [5.41, 5.74) is 0.103. The molecule has 1 aromatic carbocycles. The number of nitrogens with one attached hydrogen (secondary N) is 1. The molecule has 1 aliphatic heterocycles. The highest BCUT2D eigenvalue weighted by Crippen LogP contribution is 2.17. The highest BCUT2D eigenvalue weighted by molar-refractivity contribution is 5.35. The average molecular weight is 279 g/mol. The molecular weight excluding hydrogens is 256 g/mol. The van der Waals surface area contributed by atoms with Crippen molar-refractivity contribution in [3.8, 4) is 5.75 Å². The maximum Gasteiger partial charge on any atom is 0.269 e. The fourth-order valence-electron chi connectivity index (χ4n) is 2.63. The second-order valence-electron chi connectivity index (χ2n) is 5.37. The Morgan fingerprint density at radius 2 is 1.80 bits per heavy atom. The number of non-ortho nitro benzene ring substituents is 1. The third-order valence-corrected chi connectivity index (χ3v) is 3.80. The van der Waals surface area contributed by atoms with Gasteiger partial charge < -0.3 is 9.64 Å². The smallest absolute Gasteiger partial charge is 0.269 e. The Morgan fingerprint density at radius 1 is 1.10 bits per heavy atom. The number of nitro groups is 1. The minimum absolute atomic E-state index is 0.103. The van der Waals surface area contributed by atoms with Crippen LogP contribution in [0.15, 0.2) is 24.3 Å². The lowest BCUT2D eigenvalue weighted by molar-refractivity contribution is -0.905. The third kappa shape index (κ3) is 4.81. The van der Waals surface area contributed by atoms with Gasteiger partial charge in [0.15, 0.2) is 0 Å². The summed E-state index contributed by atoms with van der Waals surface area (Å²) in [4.78, 5) is 11.9. The number of ether oxygens (including phenoxy) is 1.